The van der Waals surface area contributed by atoms with Gasteiger partial charge < -0.3 is 10.0 Å². The maximum absolute atomic E-state index is 10.6. The van der Waals surface area contributed by atoms with Gasteiger partial charge in [-0.05, 0) is 57.6 Å². The van der Waals surface area contributed by atoms with E-state index in [-0.39, 0.29) is 6.42 Å². The second kappa shape index (κ2) is 7.57. The summed E-state index contributed by atoms with van der Waals surface area (Å²) >= 11 is 0. The van der Waals surface area contributed by atoms with E-state index in [1.54, 1.807) is 0 Å². The number of hydrogen-bond donors (Lipinski definition) is 1. The highest BCUT2D eigenvalue weighted by Crippen LogP contribution is 2.17. The van der Waals surface area contributed by atoms with Crippen molar-refractivity contribution in [2.75, 3.05) is 27.2 Å². The van der Waals surface area contributed by atoms with Crippen molar-refractivity contribution in [3.05, 3.63) is 35.4 Å². The quantitative estimate of drug-likeness (QED) is 0.872. The van der Waals surface area contributed by atoms with Crippen LogP contribution < -0.4 is 0 Å². The van der Waals surface area contributed by atoms with E-state index in [1.807, 2.05) is 0 Å². The van der Waals surface area contributed by atoms with Gasteiger partial charge in [0, 0.05) is 19.0 Å². The van der Waals surface area contributed by atoms with Gasteiger partial charge >= 0.3 is 5.97 Å². The van der Waals surface area contributed by atoms with Crippen molar-refractivity contribution in [1.82, 2.24) is 9.80 Å². The zero-order chi connectivity index (χ0) is 15.2. The molecule has 1 aromatic rings. The summed E-state index contributed by atoms with van der Waals surface area (Å²) in [6.07, 6.45) is 3.29. The minimum absolute atomic E-state index is 0.203. The van der Waals surface area contributed by atoms with Crippen LogP contribution in [0.5, 0.6) is 0 Å². The van der Waals surface area contributed by atoms with Crippen molar-refractivity contribution >= 4 is 5.97 Å². The van der Waals surface area contributed by atoms with E-state index in [1.165, 1.54) is 31.5 Å². The van der Waals surface area contributed by atoms with Gasteiger partial charge in [-0.15, -0.1) is 0 Å². The maximum Gasteiger partial charge on any atom is 0.303 e. The van der Waals surface area contributed by atoms with Crippen molar-refractivity contribution in [1.29, 1.82) is 0 Å². The largest absolute Gasteiger partial charge is 0.481 e. The van der Waals surface area contributed by atoms with Gasteiger partial charge in [0.25, 0.3) is 0 Å². The first kappa shape index (κ1) is 16.0. The molecule has 1 aromatic carbocycles. The van der Waals surface area contributed by atoms with E-state index in [0.717, 1.165) is 12.1 Å². The highest BCUT2D eigenvalue weighted by Gasteiger charge is 2.20. The molecule has 1 fully saturated rings. The summed E-state index contributed by atoms with van der Waals surface area (Å²) in [5.74, 6) is -0.735. The summed E-state index contributed by atoms with van der Waals surface area (Å²) in [5, 5.41) is 8.70. The summed E-state index contributed by atoms with van der Waals surface area (Å²) in [6, 6.07) is 9.04. The Balaban J connectivity index is 1.83. The number of piperidine rings is 1. The molecule has 4 nitrogen and oxygen atoms in total. The molecule has 0 atom stereocenters. The van der Waals surface area contributed by atoms with E-state index in [2.05, 4.69) is 48.2 Å². The lowest BCUT2D eigenvalue weighted by Gasteiger charge is -2.35. The molecule has 0 bridgehead atoms. The number of likely N-dealkylation sites (tertiary alicyclic amines) is 1. The van der Waals surface area contributed by atoms with Crippen molar-refractivity contribution < 1.29 is 9.90 Å². The minimum atomic E-state index is -0.735. The molecule has 1 heterocycles. The summed E-state index contributed by atoms with van der Waals surface area (Å²) in [6.45, 7) is 3.33. The maximum atomic E-state index is 10.6. The van der Waals surface area contributed by atoms with Crippen LogP contribution in [0.3, 0.4) is 0 Å². The molecule has 2 rings (SSSR count). The second-order valence-electron chi connectivity index (χ2n) is 6.16. The smallest absolute Gasteiger partial charge is 0.303 e. The molecule has 0 spiro atoms. The molecule has 4 heteroatoms. The van der Waals surface area contributed by atoms with Crippen LogP contribution in [0.2, 0.25) is 0 Å². The second-order valence-corrected chi connectivity index (χ2v) is 6.16. The number of benzene rings is 1. The fourth-order valence-corrected chi connectivity index (χ4v) is 2.92. The van der Waals surface area contributed by atoms with Crippen LogP contribution in [-0.4, -0.2) is 54.1 Å². The van der Waals surface area contributed by atoms with E-state index >= 15 is 0 Å². The number of carboxylic acid groups (broad SMARTS) is 1. The average Bonchev–Trinajstić information content (AvgIpc) is 2.47. The first-order chi connectivity index (χ1) is 10.0. The number of carboxylic acids is 1. The van der Waals surface area contributed by atoms with Crippen LogP contribution in [0, 0.1) is 0 Å². The number of hydrogen-bond acceptors (Lipinski definition) is 3. The van der Waals surface area contributed by atoms with Crippen LogP contribution in [-0.2, 0) is 17.8 Å². The van der Waals surface area contributed by atoms with Gasteiger partial charge in [0.2, 0.25) is 0 Å². The summed E-state index contributed by atoms with van der Waals surface area (Å²) < 4.78 is 0. The molecule has 21 heavy (non-hydrogen) atoms. The van der Waals surface area contributed by atoms with Gasteiger partial charge in [-0.2, -0.15) is 0 Å². The van der Waals surface area contributed by atoms with Gasteiger partial charge in [-0.3, -0.25) is 9.69 Å². The highest BCUT2D eigenvalue weighted by atomic mass is 16.4. The van der Waals surface area contributed by atoms with Crippen molar-refractivity contribution in [3.8, 4) is 0 Å². The SMILES string of the molecule is CN1CCC(N(C)Cc2ccc(CCC(=O)O)cc2)CC1. The molecule has 1 aliphatic rings. The number of carbonyl (C=O) groups is 1. The molecule has 0 aromatic heterocycles. The van der Waals surface area contributed by atoms with Gasteiger partial charge in [0.1, 0.15) is 0 Å². The Labute approximate surface area is 127 Å². The Morgan fingerprint density at radius 3 is 2.38 bits per heavy atom. The summed E-state index contributed by atoms with van der Waals surface area (Å²) in [7, 11) is 4.39. The lowest BCUT2D eigenvalue weighted by Crippen LogP contribution is -2.41. The molecule has 0 saturated carbocycles. The first-order valence-electron chi connectivity index (χ1n) is 7.73. The Hall–Kier alpha value is -1.39. The van der Waals surface area contributed by atoms with E-state index in [4.69, 9.17) is 5.11 Å². The number of aliphatic carboxylic acids is 1. The molecule has 0 amide bonds. The van der Waals surface area contributed by atoms with Crippen LogP contribution in [0.4, 0.5) is 0 Å². The third-order valence-corrected chi connectivity index (χ3v) is 4.39. The third kappa shape index (κ3) is 5.14. The van der Waals surface area contributed by atoms with E-state index < -0.39 is 5.97 Å². The zero-order valence-electron chi connectivity index (χ0n) is 13.1. The summed E-state index contributed by atoms with van der Waals surface area (Å²) in [5.41, 5.74) is 2.40. The zero-order valence-corrected chi connectivity index (χ0v) is 13.1. The van der Waals surface area contributed by atoms with Crippen molar-refractivity contribution in [2.45, 2.75) is 38.3 Å². The Bertz CT molecular complexity index is 450. The molecule has 0 aliphatic carbocycles. The Morgan fingerprint density at radius 1 is 1.24 bits per heavy atom. The fourth-order valence-electron chi connectivity index (χ4n) is 2.92. The molecule has 116 valence electrons. The van der Waals surface area contributed by atoms with Gasteiger partial charge in [0.15, 0.2) is 0 Å². The predicted molar refractivity (Wildman–Crippen MR) is 84.4 cm³/mol. The first-order valence-corrected chi connectivity index (χ1v) is 7.73. The third-order valence-electron chi connectivity index (χ3n) is 4.39. The standard InChI is InChI=1S/C17H26N2O2/c1-18-11-9-16(10-12-18)19(2)13-15-5-3-14(4-6-15)7-8-17(20)21/h3-6,16H,7-13H2,1-2H3,(H,20,21). The van der Waals surface area contributed by atoms with Gasteiger partial charge in [0.05, 0.1) is 0 Å². The van der Waals surface area contributed by atoms with Gasteiger partial charge in [-0.25, -0.2) is 0 Å². The summed E-state index contributed by atoms with van der Waals surface area (Å²) in [4.78, 5) is 15.4. The topological polar surface area (TPSA) is 43.8 Å². The molecule has 0 unspecified atom stereocenters. The lowest BCUT2D eigenvalue weighted by atomic mass is 10.0. The van der Waals surface area contributed by atoms with Crippen LogP contribution >= 0.6 is 0 Å². The van der Waals surface area contributed by atoms with Crippen LogP contribution in [0.15, 0.2) is 24.3 Å². The van der Waals surface area contributed by atoms with E-state index in [0.29, 0.717) is 12.5 Å². The number of rotatable bonds is 6. The Morgan fingerprint density at radius 2 is 1.81 bits per heavy atom. The molecule has 1 aliphatic heterocycles. The number of nitrogens with zero attached hydrogens (tertiary/aromatic N) is 2. The van der Waals surface area contributed by atoms with Gasteiger partial charge in [-0.1, -0.05) is 24.3 Å². The molecule has 0 radical (unpaired) electrons. The van der Waals surface area contributed by atoms with Crippen molar-refractivity contribution in [2.24, 2.45) is 0 Å². The lowest BCUT2D eigenvalue weighted by molar-refractivity contribution is -0.136. The average molecular weight is 290 g/mol. The molecule has 1 saturated heterocycles. The van der Waals surface area contributed by atoms with Crippen molar-refractivity contribution in [3.63, 3.8) is 0 Å². The predicted octanol–water partition coefficient (Wildman–Crippen LogP) is 2.23. The normalized spacial score (nSPS) is 17.3. The molecule has 1 N–H and O–H groups in total. The molecular weight excluding hydrogens is 264 g/mol. The minimum Gasteiger partial charge on any atom is -0.481 e. The fraction of sp³-hybridized carbons (Fsp3) is 0.588. The Kier molecular flexibility index (Phi) is 5.76. The van der Waals surface area contributed by atoms with E-state index in [9.17, 15) is 4.79 Å². The van der Waals surface area contributed by atoms with Crippen LogP contribution in [0.1, 0.15) is 30.4 Å². The van der Waals surface area contributed by atoms with Crippen LogP contribution in [0.25, 0.3) is 0 Å². The molecular formula is C17H26N2O2. The highest BCUT2D eigenvalue weighted by molar-refractivity contribution is 5.67. The number of aryl methyl sites for hydroxylation is 1. The monoisotopic (exact) mass is 290 g/mol.